The molecule has 0 radical (unpaired) electrons. The molecule has 0 spiro atoms. The Hall–Kier alpha value is -2.82. The monoisotopic (exact) mass is 394 g/mol. The third-order valence-electron chi connectivity index (χ3n) is 5.40. The van der Waals surface area contributed by atoms with E-state index in [0.717, 1.165) is 31.2 Å². The molecule has 0 heterocycles. The van der Waals surface area contributed by atoms with Crippen LogP contribution in [0.5, 0.6) is 5.75 Å². The van der Waals surface area contributed by atoms with Crippen molar-refractivity contribution >= 4 is 17.5 Å². The number of hydrogen-bond donors (Lipinski definition) is 2. The molecule has 0 bridgehead atoms. The Morgan fingerprint density at radius 3 is 2.45 bits per heavy atom. The van der Waals surface area contributed by atoms with E-state index in [-0.39, 0.29) is 17.9 Å². The summed E-state index contributed by atoms with van der Waals surface area (Å²) in [4.78, 5) is 25.7. The smallest absolute Gasteiger partial charge is 0.265 e. The minimum Gasteiger partial charge on any atom is -0.480 e. The molecular formula is C24H30N2O3. The van der Waals surface area contributed by atoms with E-state index in [1.807, 2.05) is 50.2 Å². The summed E-state index contributed by atoms with van der Waals surface area (Å²) in [5, 5.41) is 6.01. The molecule has 1 aliphatic rings. The van der Waals surface area contributed by atoms with Crippen molar-refractivity contribution in [2.45, 2.75) is 64.5 Å². The molecule has 1 atom stereocenters. The molecule has 0 unspecified atom stereocenters. The van der Waals surface area contributed by atoms with Crippen LogP contribution >= 0.6 is 0 Å². The van der Waals surface area contributed by atoms with Crippen molar-refractivity contribution in [3.8, 4) is 5.75 Å². The molecular weight excluding hydrogens is 364 g/mol. The molecule has 2 aromatic rings. The molecule has 0 aromatic heterocycles. The molecule has 2 aromatic carbocycles. The van der Waals surface area contributed by atoms with Gasteiger partial charge in [-0.05, 0) is 49.9 Å². The van der Waals surface area contributed by atoms with Gasteiger partial charge in [0.2, 0.25) is 0 Å². The second-order valence-corrected chi connectivity index (χ2v) is 7.62. The van der Waals surface area contributed by atoms with Crippen molar-refractivity contribution in [2.24, 2.45) is 0 Å². The zero-order chi connectivity index (χ0) is 20.6. The fourth-order valence-electron chi connectivity index (χ4n) is 3.68. The van der Waals surface area contributed by atoms with Crippen LogP contribution in [0.25, 0.3) is 0 Å². The third-order valence-corrected chi connectivity index (χ3v) is 5.40. The third kappa shape index (κ3) is 5.59. The Kier molecular flexibility index (Phi) is 7.28. The minimum absolute atomic E-state index is 0.138. The molecule has 29 heavy (non-hydrogen) atoms. The van der Waals surface area contributed by atoms with Gasteiger partial charge in [0, 0.05) is 6.04 Å². The molecule has 2 N–H and O–H groups in total. The number of amides is 2. The first-order valence-electron chi connectivity index (χ1n) is 10.5. The van der Waals surface area contributed by atoms with Crippen molar-refractivity contribution < 1.29 is 14.3 Å². The normalized spacial score (nSPS) is 15.4. The molecule has 5 heteroatoms. The van der Waals surface area contributed by atoms with Gasteiger partial charge in [0.05, 0.1) is 11.3 Å². The van der Waals surface area contributed by atoms with Crippen LogP contribution in [0.15, 0.2) is 48.5 Å². The SMILES string of the molecule is CC[C@@H](Oc1ccccc1C)C(=O)Nc1ccccc1C(=O)NC1CCCCC1. The maximum absolute atomic E-state index is 12.9. The second kappa shape index (κ2) is 10.1. The summed E-state index contributed by atoms with van der Waals surface area (Å²) in [6.45, 7) is 3.86. The quantitative estimate of drug-likeness (QED) is 0.705. The first-order chi connectivity index (χ1) is 14.1. The highest BCUT2D eigenvalue weighted by molar-refractivity contribution is 6.04. The standard InChI is InChI=1S/C24H30N2O3/c1-3-21(29-22-16-10-7-11-17(22)2)24(28)26-20-15-9-8-14-19(20)23(27)25-18-12-5-4-6-13-18/h7-11,14-16,18,21H,3-6,12-13H2,1-2H3,(H,25,27)(H,26,28)/t21-/m1/s1. The van der Waals surface area contributed by atoms with Crippen LogP contribution in [0.3, 0.4) is 0 Å². The zero-order valence-electron chi connectivity index (χ0n) is 17.2. The number of ether oxygens (including phenoxy) is 1. The molecule has 0 saturated heterocycles. The van der Waals surface area contributed by atoms with Gasteiger partial charge >= 0.3 is 0 Å². The van der Waals surface area contributed by atoms with Crippen molar-refractivity contribution in [1.29, 1.82) is 0 Å². The Bertz CT molecular complexity index is 844. The van der Waals surface area contributed by atoms with Crippen LogP contribution in [-0.4, -0.2) is 24.0 Å². The highest BCUT2D eigenvalue weighted by atomic mass is 16.5. The zero-order valence-corrected chi connectivity index (χ0v) is 17.2. The minimum atomic E-state index is -0.634. The topological polar surface area (TPSA) is 67.4 Å². The predicted octanol–water partition coefficient (Wildman–Crippen LogP) is 4.85. The lowest BCUT2D eigenvalue weighted by Gasteiger charge is -2.23. The van der Waals surface area contributed by atoms with Gasteiger partial charge in [-0.15, -0.1) is 0 Å². The van der Waals surface area contributed by atoms with Gasteiger partial charge in [0.1, 0.15) is 5.75 Å². The molecule has 1 saturated carbocycles. The van der Waals surface area contributed by atoms with Crippen LogP contribution in [0.2, 0.25) is 0 Å². The van der Waals surface area contributed by atoms with E-state index in [4.69, 9.17) is 4.74 Å². The van der Waals surface area contributed by atoms with Crippen molar-refractivity contribution in [3.05, 3.63) is 59.7 Å². The Morgan fingerprint density at radius 1 is 1.03 bits per heavy atom. The summed E-state index contributed by atoms with van der Waals surface area (Å²) in [6.07, 6.45) is 5.46. The van der Waals surface area contributed by atoms with E-state index < -0.39 is 6.10 Å². The largest absolute Gasteiger partial charge is 0.480 e. The van der Waals surface area contributed by atoms with Gasteiger partial charge in [0.15, 0.2) is 6.10 Å². The van der Waals surface area contributed by atoms with Gasteiger partial charge in [-0.1, -0.05) is 56.5 Å². The van der Waals surface area contributed by atoms with Crippen LogP contribution in [-0.2, 0) is 4.79 Å². The summed E-state index contributed by atoms with van der Waals surface area (Å²) in [5.74, 6) is 0.298. The fourth-order valence-corrected chi connectivity index (χ4v) is 3.68. The molecule has 154 valence electrons. The van der Waals surface area contributed by atoms with E-state index in [1.165, 1.54) is 6.42 Å². The lowest BCUT2D eigenvalue weighted by atomic mass is 9.95. The Morgan fingerprint density at radius 2 is 1.72 bits per heavy atom. The first kappa shape index (κ1) is 20.9. The summed E-state index contributed by atoms with van der Waals surface area (Å²) in [7, 11) is 0. The van der Waals surface area contributed by atoms with Crippen molar-refractivity contribution in [1.82, 2.24) is 5.32 Å². The summed E-state index contributed by atoms with van der Waals surface area (Å²) >= 11 is 0. The van der Waals surface area contributed by atoms with Gasteiger partial charge in [-0.25, -0.2) is 0 Å². The van der Waals surface area contributed by atoms with E-state index >= 15 is 0 Å². The molecule has 5 nitrogen and oxygen atoms in total. The molecule has 2 amide bonds. The van der Waals surface area contributed by atoms with E-state index in [1.54, 1.807) is 12.1 Å². The molecule has 0 aliphatic heterocycles. The van der Waals surface area contributed by atoms with E-state index in [2.05, 4.69) is 10.6 Å². The number of para-hydroxylation sites is 2. The maximum Gasteiger partial charge on any atom is 0.265 e. The number of benzene rings is 2. The number of carbonyl (C=O) groups is 2. The number of carbonyl (C=O) groups excluding carboxylic acids is 2. The number of anilines is 1. The van der Waals surface area contributed by atoms with Crippen LogP contribution in [0, 0.1) is 6.92 Å². The number of aryl methyl sites for hydroxylation is 1. The highest BCUT2D eigenvalue weighted by Crippen LogP contribution is 2.22. The van der Waals surface area contributed by atoms with Crippen molar-refractivity contribution in [3.63, 3.8) is 0 Å². The molecule has 3 rings (SSSR count). The lowest BCUT2D eigenvalue weighted by Crippen LogP contribution is -2.37. The van der Waals surface area contributed by atoms with Gasteiger partial charge in [-0.3, -0.25) is 9.59 Å². The number of hydrogen-bond acceptors (Lipinski definition) is 3. The van der Waals surface area contributed by atoms with Gasteiger partial charge in [-0.2, -0.15) is 0 Å². The number of rotatable bonds is 7. The van der Waals surface area contributed by atoms with Gasteiger partial charge < -0.3 is 15.4 Å². The average Bonchev–Trinajstić information content (AvgIpc) is 2.74. The fraction of sp³-hybridized carbons (Fsp3) is 0.417. The Labute approximate surface area is 172 Å². The summed E-state index contributed by atoms with van der Waals surface area (Å²) in [6, 6.07) is 15.0. The van der Waals surface area contributed by atoms with Crippen LogP contribution in [0.1, 0.15) is 61.4 Å². The van der Waals surface area contributed by atoms with E-state index in [0.29, 0.717) is 23.4 Å². The van der Waals surface area contributed by atoms with Crippen molar-refractivity contribution in [2.75, 3.05) is 5.32 Å². The summed E-state index contributed by atoms with van der Waals surface area (Å²) in [5.41, 5.74) is 1.97. The number of nitrogens with one attached hydrogen (secondary N) is 2. The summed E-state index contributed by atoms with van der Waals surface area (Å²) < 4.78 is 5.94. The first-order valence-corrected chi connectivity index (χ1v) is 10.5. The predicted molar refractivity (Wildman–Crippen MR) is 115 cm³/mol. The second-order valence-electron chi connectivity index (χ2n) is 7.62. The van der Waals surface area contributed by atoms with Crippen LogP contribution < -0.4 is 15.4 Å². The van der Waals surface area contributed by atoms with E-state index in [9.17, 15) is 9.59 Å². The highest BCUT2D eigenvalue weighted by Gasteiger charge is 2.23. The Balaban J connectivity index is 1.69. The lowest BCUT2D eigenvalue weighted by molar-refractivity contribution is -0.122. The average molecular weight is 395 g/mol. The maximum atomic E-state index is 12.9. The van der Waals surface area contributed by atoms with Gasteiger partial charge in [0.25, 0.3) is 11.8 Å². The molecule has 1 aliphatic carbocycles. The van der Waals surface area contributed by atoms with Crippen LogP contribution in [0.4, 0.5) is 5.69 Å². The molecule has 1 fully saturated rings.